The monoisotopic (exact) mass is 363 g/mol. The molecule has 2 aromatic rings. The molecule has 1 atom stereocenters. The highest BCUT2D eigenvalue weighted by Gasteiger charge is 2.29. The molecule has 4 rings (SSSR count). The van der Waals surface area contributed by atoms with E-state index >= 15 is 0 Å². The summed E-state index contributed by atoms with van der Waals surface area (Å²) in [4.78, 5) is 14.5. The minimum atomic E-state index is -0.344. The molecule has 5 nitrogen and oxygen atoms in total. The molecule has 2 heterocycles. The van der Waals surface area contributed by atoms with E-state index in [0.717, 1.165) is 43.4 Å². The number of aromatic nitrogens is 1. The largest absolute Gasteiger partial charge is 0.367 e. The van der Waals surface area contributed by atoms with E-state index < -0.39 is 0 Å². The number of amides is 1. The molecule has 1 saturated heterocycles. The molecular formula is C18H19ClFN3O2. The number of aryl methyl sites for hydroxylation is 1. The quantitative estimate of drug-likeness (QED) is 0.908. The number of anilines is 1. The fourth-order valence-electron chi connectivity index (χ4n) is 3.65. The van der Waals surface area contributed by atoms with E-state index in [9.17, 15) is 9.18 Å². The first-order valence-electron chi connectivity index (χ1n) is 8.60. The highest BCUT2D eigenvalue weighted by molar-refractivity contribution is 6.30. The van der Waals surface area contributed by atoms with Crippen LogP contribution in [0.15, 0.2) is 22.7 Å². The first-order chi connectivity index (χ1) is 12.1. The molecule has 1 aromatic carbocycles. The van der Waals surface area contributed by atoms with Gasteiger partial charge in [-0.2, -0.15) is 0 Å². The van der Waals surface area contributed by atoms with E-state index in [-0.39, 0.29) is 17.8 Å². The van der Waals surface area contributed by atoms with Crippen molar-refractivity contribution in [1.29, 1.82) is 0 Å². The summed E-state index contributed by atoms with van der Waals surface area (Å²) in [6.45, 7) is 1.23. The second-order valence-corrected chi connectivity index (χ2v) is 7.08. The molecule has 1 aliphatic heterocycles. The van der Waals surface area contributed by atoms with Crippen LogP contribution in [0.1, 0.15) is 41.1 Å². The molecule has 1 fully saturated rings. The van der Waals surface area contributed by atoms with Crippen LogP contribution in [-0.4, -0.2) is 30.2 Å². The van der Waals surface area contributed by atoms with Gasteiger partial charge in [-0.05, 0) is 50.3 Å². The molecule has 132 valence electrons. The van der Waals surface area contributed by atoms with Crippen LogP contribution in [0.5, 0.6) is 0 Å². The van der Waals surface area contributed by atoms with Gasteiger partial charge in [0.1, 0.15) is 5.82 Å². The first-order valence-corrected chi connectivity index (χ1v) is 8.98. The topological polar surface area (TPSA) is 58.4 Å². The molecule has 0 bridgehead atoms. The maximum absolute atomic E-state index is 14.1. The summed E-state index contributed by atoms with van der Waals surface area (Å²) in [6, 6.07) is 4.61. The van der Waals surface area contributed by atoms with Crippen molar-refractivity contribution in [1.82, 2.24) is 10.5 Å². The highest BCUT2D eigenvalue weighted by atomic mass is 35.5. The van der Waals surface area contributed by atoms with Gasteiger partial charge in [0.15, 0.2) is 0 Å². The number of nitrogens with one attached hydrogen (secondary N) is 1. The van der Waals surface area contributed by atoms with Crippen LogP contribution in [0.2, 0.25) is 5.02 Å². The Labute approximate surface area is 150 Å². The molecule has 2 aliphatic rings. The van der Waals surface area contributed by atoms with Crippen LogP contribution in [0.4, 0.5) is 10.1 Å². The fourth-order valence-corrected chi connectivity index (χ4v) is 3.81. The maximum Gasteiger partial charge on any atom is 0.290 e. The lowest BCUT2D eigenvalue weighted by Gasteiger charge is -2.19. The number of fused-ring (bicyclic) bond motifs is 1. The zero-order chi connectivity index (χ0) is 17.4. The Bertz CT molecular complexity index is 808. The van der Waals surface area contributed by atoms with Gasteiger partial charge in [0.2, 0.25) is 5.76 Å². The Morgan fingerprint density at radius 2 is 2.20 bits per heavy atom. The molecule has 1 amide bonds. The third-order valence-corrected chi connectivity index (χ3v) is 5.18. The maximum atomic E-state index is 14.1. The average Bonchev–Trinajstić information content (AvgIpc) is 3.21. The summed E-state index contributed by atoms with van der Waals surface area (Å²) >= 11 is 5.80. The fraction of sp³-hybridized carbons (Fsp3) is 0.444. The highest BCUT2D eigenvalue weighted by Crippen LogP contribution is 2.27. The van der Waals surface area contributed by atoms with Gasteiger partial charge >= 0.3 is 0 Å². The summed E-state index contributed by atoms with van der Waals surface area (Å²) < 4.78 is 19.4. The van der Waals surface area contributed by atoms with Crippen LogP contribution in [-0.2, 0) is 12.8 Å². The summed E-state index contributed by atoms with van der Waals surface area (Å²) in [5.41, 5.74) is 2.37. The zero-order valence-corrected chi connectivity index (χ0v) is 14.5. The summed E-state index contributed by atoms with van der Waals surface area (Å²) in [5, 5.41) is 7.40. The van der Waals surface area contributed by atoms with Gasteiger partial charge in [-0.15, -0.1) is 0 Å². The SMILES string of the molecule is O=C(NC1CCN(c2ccc(Cl)cc2F)C1)c1onc2c1CCCC2. The predicted octanol–water partition coefficient (Wildman–Crippen LogP) is 3.35. The van der Waals surface area contributed by atoms with E-state index in [1.165, 1.54) is 6.07 Å². The Morgan fingerprint density at radius 1 is 1.36 bits per heavy atom. The number of rotatable bonds is 3. The van der Waals surface area contributed by atoms with E-state index in [1.807, 2.05) is 4.90 Å². The van der Waals surface area contributed by atoms with Crippen molar-refractivity contribution in [3.8, 4) is 0 Å². The average molecular weight is 364 g/mol. The molecule has 0 saturated carbocycles. The van der Waals surface area contributed by atoms with E-state index in [1.54, 1.807) is 12.1 Å². The smallest absolute Gasteiger partial charge is 0.290 e. The minimum Gasteiger partial charge on any atom is -0.367 e. The van der Waals surface area contributed by atoms with E-state index in [0.29, 0.717) is 29.6 Å². The molecule has 0 spiro atoms. The van der Waals surface area contributed by atoms with Crippen LogP contribution in [0.3, 0.4) is 0 Å². The Hall–Kier alpha value is -2.08. The molecule has 1 aromatic heterocycles. The third-order valence-electron chi connectivity index (χ3n) is 4.94. The van der Waals surface area contributed by atoms with E-state index in [4.69, 9.17) is 16.1 Å². The summed E-state index contributed by atoms with van der Waals surface area (Å²) in [6.07, 6.45) is 4.62. The normalized spacial score (nSPS) is 19.8. The molecule has 1 N–H and O–H groups in total. The van der Waals surface area contributed by atoms with Gasteiger partial charge < -0.3 is 14.7 Å². The van der Waals surface area contributed by atoms with Gasteiger partial charge in [0, 0.05) is 29.7 Å². The van der Waals surface area contributed by atoms with Crippen molar-refractivity contribution in [2.24, 2.45) is 0 Å². The lowest BCUT2D eigenvalue weighted by molar-refractivity contribution is 0.0902. The Kier molecular flexibility index (Phi) is 4.37. The lowest BCUT2D eigenvalue weighted by Crippen LogP contribution is -2.37. The Morgan fingerprint density at radius 3 is 3.04 bits per heavy atom. The molecule has 0 radical (unpaired) electrons. The molecular weight excluding hydrogens is 345 g/mol. The lowest BCUT2D eigenvalue weighted by atomic mass is 9.96. The summed E-state index contributed by atoms with van der Waals surface area (Å²) in [7, 11) is 0. The van der Waals surface area contributed by atoms with Crippen molar-refractivity contribution < 1.29 is 13.7 Å². The zero-order valence-electron chi connectivity index (χ0n) is 13.7. The van der Waals surface area contributed by atoms with Crippen molar-refractivity contribution in [2.45, 2.75) is 38.1 Å². The first kappa shape index (κ1) is 16.4. The minimum absolute atomic E-state index is 0.0491. The molecule has 1 aliphatic carbocycles. The number of halogens is 2. The second-order valence-electron chi connectivity index (χ2n) is 6.64. The van der Waals surface area contributed by atoms with Crippen molar-refractivity contribution >= 4 is 23.2 Å². The van der Waals surface area contributed by atoms with Gasteiger partial charge in [0.05, 0.1) is 11.4 Å². The number of carbonyl (C=O) groups excluding carboxylic acids is 1. The standard InChI is InChI=1S/C18H19ClFN3O2/c19-11-5-6-16(14(20)9-11)23-8-7-12(10-23)21-18(24)17-13-3-1-2-4-15(13)22-25-17/h5-6,9,12H,1-4,7-8,10H2,(H,21,24). The third kappa shape index (κ3) is 3.23. The number of hydrogen-bond donors (Lipinski definition) is 1. The molecule has 7 heteroatoms. The van der Waals surface area contributed by atoms with Crippen LogP contribution >= 0.6 is 11.6 Å². The van der Waals surface area contributed by atoms with Crippen LogP contribution in [0.25, 0.3) is 0 Å². The molecule has 1 unspecified atom stereocenters. The van der Waals surface area contributed by atoms with Crippen LogP contribution < -0.4 is 10.2 Å². The van der Waals surface area contributed by atoms with E-state index in [2.05, 4.69) is 10.5 Å². The van der Waals surface area contributed by atoms with Gasteiger partial charge in [-0.1, -0.05) is 16.8 Å². The number of nitrogens with zero attached hydrogens (tertiary/aromatic N) is 2. The van der Waals surface area contributed by atoms with Gasteiger partial charge in [-0.3, -0.25) is 4.79 Å². The van der Waals surface area contributed by atoms with Crippen molar-refractivity contribution in [2.75, 3.05) is 18.0 Å². The number of benzene rings is 1. The summed E-state index contributed by atoms with van der Waals surface area (Å²) in [5.74, 6) is -0.228. The second kappa shape index (κ2) is 6.67. The number of carbonyl (C=O) groups is 1. The predicted molar refractivity (Wildman–Crippen MR) is 92.6 cm³/mol. The Balaban J connectivity index is 1.42. The van der Waals surface area contributed by atoms with Gasteiger partial charge in [-0.25, -0.2) is 4.39 Å². The molecule has 25 heavy (non-hydrogen) atoms. The van der Waals surface area contributed by atoms with Crippen molar-refractivity contribution in [3.63, 3.8) is 0 Å². The number of hydrogen-bond acceptors (Lipinski definition) is 4. The van der Waals surface area contributed by atoms with Crippen molar-refractivity contribution in [3.05, 3.63) is 46.1 Å². The van der Waals surface area contributed by atoms with Crippen LogP contribution in [0, 0.1) is 5.82 Å². The van der Waals surface area contributed by atoms with Gasteiger partial charge in [0.25, 0.3) is 5.91 Å².